The predicted octanol–water partition coefficient (Wildman–Crippen LogP) is 2.72. The van der Waals surface area contributed by atoms with E-state index in [2.05, 4.69) is 0 Å². The van der Waals surface area contributed by atoms with Crippen molar-refractivity contribution in [1.82, 2.24) is 0 Å². The average molecular weight is 281 g/mol. The molecule has 1 aromatic carbocycles. The molecule has 0 bridgehead atoms. The zero-order valence-electron chi connectivity index (χ0n) is 9.61. The lowest BCUT2D eigenvalue weighted by molar-refractivity contribution is 0.271. The molecule has 96 valence electrons. The van der Waals surface area contributed by atoms with Crippen LogP contribution in [0.25, 0.3) is 0 Å². The molecule has 1 rings (SSSR count). The van der Waals surface area contributed by atoms with E-state index in [1.54, 1.807) is 19.9 Å². The van der Waals surface area contributed by atoms with Gasteiger partial charge in [0.1, 0.15) is 11.6 Å². The van der Waals surface area contributed by atoms with Crippen LogP contribution in [-0.2, 0) is 9.05 Å². The van der Waals surface area contributed by atoms with E-state index in [4.69, 9.17) is 15.4 Å². The molecule has 0 aliphatic heterocycles. The van der Waals surface area contributed by atoms with Crippen molar-refractivity contribution >= 4 is 19.7 Å². The molecule has 0 saturated heterocycles. The van der Waals surface area contributed by atoms with Gasteiger partial charge in [0, 0.05) is 16.6 Å². The standard InChI is InChI=1S/C11H14ClFO3S/c1-8(7-17(12,14)15)6-16-10-3-4-11(13)9(2)5-10/h3-5,8H,6-7H2,1-2H3. The van der Waals surface area contributed by atoms with Crippen LogP contribution in [0.4, 0.5) is 4.39 Å². The van der Waals surface area contributed by atoms with Gasteiger partial charge in [0.2, 0.25) is 9.05 Å². The maximum absolute atomic E-state index is 13.0. The number of rotatable bonds is 5. The summed E-state index contributed by atoms with van der Waals surface area (Å²) in [6.45, 7) is 3.57. The summed E-state index contributed by atoms with van der Waals surface area (Å²) in [5.74, 6) is -0.145. The van der Waals surface area contributed by atoms with Gasteiger partial charge in [-0.15, -0.1) is 0 Å². The molecule has 1 unspecified atom stereocenters. The molecule has 6 heteroatoms. The molecule has 1 aromatic rings. The molecule has 0 saturated carbocycles. The van der Waals surface area contributed by atoms with E-state index >= 15 is 0 Å². The lowest BCUT2D eigenvalue weighted by Crippen LogP contribution is -2.16. The van der Waals surface area contributed by atoms with Crippen molar-refractivity contribution in [2.24, 2.45) is 5.92 Å². The van der Waals surface area contributed by atoms with Crippen LogP contribution in [0, 0.1) is 18.7 Å². The second-order valence-corrected chi connectivity index (χ2v) is 6.85. The van der Waals surface area contributed by atoms with E-state index < -0.39 is 9.05 Å². The number of hydrogen-bond donors (Lipinski definition) is 0. The highest BCUT2D eigenvalue weighted by molar-refractivity contribution is 8.13. The monoisotopic (exact) mass is 280 g/mol. The molecule has 0 spiro atoms. The summed E-state index contributed by atoms with van der Waals surface area (Å²) in [7, 11) is 1.61. The zero-order valence-corrected chi connectivity index (χ0v) is 11.2. The van der Waals surface area contributed by atoms with Gasteiger partial charge >= 0.3 is 0 Å². The second kappa shape index (κ2) is 5.69. The van der Waals surface area contributed by atoms with Crippen LogP contribution in [0.5, 0.6) is 5.75 Å². The van der Waals surface area contributed by atoms with Gasteiger partial charge in [0.15, 0.2) is 0 Å². The lowest BCUT2D eigenvalue weighted by Gasteiger charge is -2.12. The fraction of sp³-hybridized carbons (Fsp3) is 0.455. The minimum absolute atomic E-state index is 0.144. The minimum Gasteiger partial charge on any atom is -0.493 e. The van der Waals surface area contributed by atoms with Gasteiger partial charge in [-0.2, -0.15) is 0 Å². The summed E-state index contributed by atoms with van der Waals surface area (Å²) >= 11 is 0. The largest absolute Gasteiger partial charge is 0.493 e. The van der Waals surface area contributed by atoms with Gasteiger partial charge in [-0.3, -0.25) is 0 Å². The fourth-order valence-corrected chi connectivity index (χ4v) is 2.75. The number of benzene rings is 1. The molecule has 0 radical (unpaired) electrons. The van der Waals surface area contributed by atoms with Crippen LogP contribution >= 0.6 is 10.7 Å². The summed E-state index contributed by atoms with van der Waals surface area (Å²) < 4.78 is 40.0. The van der Waals surface area contributed by atoms with Crippen molar-refractivity contribution in [3.05, 3.63) is 29.6 Å². The quantitative estimate of drug-likeness (QED) is 0.779. The van der Waals surface area contributed by atoms with Crippen molar-refractivity contribution < 1.29 is 17.5 Å². The smallest absolute Gasteiger partial charge is 0.232 e. The summed E-state index contributed by atoms with van der Waals surface area (Å²) in [5, 5.41) is 0. The topological polar surface area (TPSA) is 43.4 Å². The Labute approximate surface area is 105 Å². The normalized spacial score (nSPS) is 13.4. The third-order valence-corrected chi connectivity index (χ3v) is 3.49. The maximum atomic E-state index is 13.0. The Kier molecular flexibility index (Phi) is 4.77. The average Bonchev–Trinajstić information content (AvgIpc) is 2.17. The summed E-state index contributed by atoms with van der Waals surface area (Å²) in [6.07, 6.45) is 0. The molecule has 0 aliphatic rings. The highest BCUT2D eigenvalue weighted by Gasteiger charge is 2.13. The molecule has 0 N–H and O–H groups in total. The van der Waals surface area contributed by atoms with Crippen LogP contribution in [0.3, 0.4) is 0 Å². The van der Waals surface area contributed by atoms with Crippen molar-refractivity contribution in [2.45, 2.75) is 13.8 Å². The van der Waals surface area contributed by atoms with Gasteiger partial charge in [0.25, 0.3) is 0 Å². The van der Waals surface area contributed by atoms with Gasteiger partial charge < -0.3 is 4.74 Å². The van der Waals surface area contributed by atoms with Crippen molar-refractivity contribution in [3.8, 4) is 5.75 Å². The SMILES string of the molecule is Cc1cc(OCC(C)CS(=O)(=O)Cl)ccc1F. The first-order valence-electron chi connectivity index (χ1n) is 5.09. The van der Waals surface area contributed by atoms with E-state index in [1.807, 2.05) is 0 Å². The molecule has 0 amide bonds. The van der Waals surface area contributed by atoms with Crippen LogP contribution < -0.4 is 4.74 Å². The number of hydrogen-bond acceptors (Lipinski definition) is 3. The Morgan fingerprint density at radius 2 is 2.12 bits per heavy atom. The van der Waals surface area contributed by atoms with E-state index in [1.165, 1.54) is 12.1 Å². The van der Waals surface area contributed by atoms with Crippen molar-refractivity contribution in [2.75, 3.05) is 12.4 Å². The summed E-state index contributed by atoms with van der Waals surface area (Å²) in [4.78, 5) is 0. The lowest BCUT2D eigenvalue weighted by atomic mass is 10.2. The zero-order chi connectivity index (χ0) is 13.1. The van der Waals surface area contributed by atoms with E-state index in [9.17, 15) is 12.8 Å². The predicted molar refractivity (Wildman–Crippen MR) is 65.4 cm³/mol. The number of aryl methyl sites for hydroxylation is 1. The molecule has 1 atom stereocenters. The van der Waals surface area contributed by atoms with Gasteiger partial charge in [0.05, 0.1) is 12.4 Å². The first-order valence-corrected chi connectivity index (χ1v) is 7.57. The van der Waals surface area contributed by atoms with Crippen LogP contribution in [0.2, 0.25) is 0 Å². The van der Waals surface area contributed by atoms with Crippen LogP contribution in [-0.4, -0.2) is 20.8 Å². The Balaban J connectivity index is 2.53. The summed E-state index contributed by atoms with van der Waals surface area (Å²) in [5.41, 5.74) is 0.486. The van der Waals surface area contributed by atoms with Crippen LogP contribution in [0.1, 0.15) is 12.5 Å². The molecule has 0 heterocycles. The van der Waals surface area contributed by atoms with E-state index in [-0.39, 0.29) is 24.1 Å². The van der Waals surface area contributed by atoms with E-state index in [0.717, 1.165) is 0 Å². The second-order valence-electron chi connectivity index (χ2n) is 4.03. The first kappa shape index (κ1) is 14.3. The third-order valence-electron chi connectivity index (χ3n) is 2.15. The Hall–Kier alpha value is -0.810. The molecule has 0 aliphatic carbocycles. The molecular weight excluding hydrogens is 267 g/mol. The molecule has 17 heavy (non-hydrogen) atoms. The van der Waals surface area contributed by atoms with Crippen molar-refractivity contribution in [1.29, 1.82) is 0 Å². The summed E-state index contributed by atoms with van der Waals surface area (Å²) in [6, 6.07) is 4.38. The first-order chi connectivity index (χ1) is 7.78. The molecular formula is C11H14ClFO3S. The van der Waals surface area contributed by atoms with Crippen molar-refractivity contribution in [3.63, 3.8) is 0 Å². The Morgan fingerprint density at radius 1 is 1.47 bits per heavy atom. The maximum Gasteiger partial charge on any atom is 0.232 e. The van der Waals surface area contributed by atoms with Gasteiger partial charge in [-0.1, -0.05) is 6.92 Å². The Bertz CT molecular complexity index is 487. The van der Waals surface area contributed by atoms with E-state index in [0.29, 0.717) is 11.3 Å². The Morgan fingerprint density at radius 3 is 2.65 bits per heavy atom. The highest BCUT2D eigenvalue weighted by atomic mass is 35.7. The van der Waals surface area contributed by atoms with Gasteiger partial charge in [-0.05, 0) is 30.7 Å². The molecule has 0 aromatic heterocycles. The fourth-order valence-electron chi connectivity index (χ4n) is 1.33. The number of ether oxygens (including phenoxy) is 1. The molecule has 3 nitrogen and oxygen atoms in total. The van der Waals surface area contributed by atoms with Gasteiger partial charge in [-0.25, -0.2) is 12.8 Å². The van der Waals surface area contributed by atoms with Crippen LogP contribution in [0.15, 0.2) is 18.2 Å². The molecule has 0 fully saturated rings. The highest BCUT2D eigenvalue weighted by Crippen LogP contribution is 2.17. The third kappa shape index (κ3) is 5.37. The minimum atomic E-state index is -3.51. The number of halogens is 2.